The van der Waals surface area contributed by atoms with Crippen LogP contribution in [0.5, 0.6) is 0 Å². The van der Waals surface area contributed by atoms with Crippen molar-refractivity contribution in [2.75, 3.05) is 42.9 Å². The molecule has 0 saturated carbocycles. The van der Waals surface area contributed by atoms with Crippen LogP contribution in [0.4, 0.5) is 17.2 Å². The number of nitrogens with one attached hydrogen (secondary N) is 1. The molecular formula is C24H31N5O2. The Balaban J connectivity index is 1.64. The molecule has 2 aliphatic rings. The molecule has 2 aliphatic heterocycles. The molecule has 1 aromatic heterocycles. The van der Waals surface area contributed by atoms with Crippen molar-refractivity contribution in [3.63, 3.8) is 0 Å². The van der Waals surface area contributed by atoms with Crippen LogP contribution in [-0.2, 0) is 4.79 Å². The number of amides is 2. The Morgan fingerprint density at radius 1 is 1.16 bits per heavy atom. The summed E-state index contributed by atoms with van der Waals surface area (Å²) in [6, 6.07) is 11.2. The van der Waals surface area contributed by atoms with E-state index in [9.17, 15) is 9.59 Å². The predicted molar refractivity (Wildman–Crippen MR) is 123 cm³/mol. The molecule has 0 unspecified atom stereocenters. The number of aromatic nitrogens is 1. The van der Waals surface area contributed by atoms with Gasteiger partial charge in [-0.1, -0.05) is 32.4 Å². The number of rotatable bonds is 6. The van der Waals surface area contributed by atoms with Gasteiger partial charge in [0.1, 0.15) is 0 Å². The van der Waals surface area contributed by atoms with Gasteiger partial charge in [-0.25, -0.2) is 4.98 Å². The molecule has 7 heteroatoms. The average molecular weight is 422 g/mol. The second-order valence-electron chi connectivity index (χ2n) is 8.18. The van der Waals surface area contributed by atoms with Crippen molar-refractivity contribution in [2.24, 2.45) is 0 Å². The number of pyridine rings is 1. The van der Waals surface area contributed by atoms with Gasteiger partial charge in [-0.3, -0.25) is 19.4 Å². The van der Waals surface area contributed by atoms with Crippen molar-refractivity contribution in [1.82, 2.24) is 14.8 Å². The summed E-state index contributed by atoms with van der Waals surface area (Å²) in [5.74, 6) is 0.191. The number of likely N-dealkylation sites (tertiary alicyclic amines) is 1. The lowest BCUT2D eigenvalue weighted by Gasteiger charge is -2.38. The molecule has 0 spiro atoms. The standard InChI is InChI=1S/C24H31N5O2/c1-3-27(4-2)16-18-10-7-8-15-28(18)17-22(30)29-21-13-6-5-11-19(21)24(31)26-20-12-9-14-25-23(20)29/h5-6,9,11-14,18H,3-4,7-8,10,15-17H2,1-2H3,(H,26,31)/t18-/m0/s1. The summed E-state index contributed by atoms with van der Waals surface area (Å²) < 4.78 is 0. The number of carbonyl (C=O) groups is 2. The SMILES string of the molecule is CCN(CC)C[C@@H]1CCCCN1CC(=O)N1c2ccccc2C(=O)Nc2cccnc21. The highest BCUT2D eigenvalue weighted by Crippen LogP contribution is 2.36. The van der Waals surface area contributed by atoms with Gasteiger partial charge in [0, 0.05) is 18.8 Å². The molecule has 0 aliphatic carbocycles. The summed E-state index contributed by atoms with van der Waals surface area (Å²) in [5.41, 5.74) is 1.61. The van der Waals surface area contributed by atoms with E-state index < -0.39 is 0 Å². The molecule has 1 saturated heterocycles. The first-order valence-electron chi connectivity index (χ1n) is 11.3. The van der Waals surface area contributed by atoms with E-state index in [2.05, 4.69) is 33.9 Å². The number of piperidine rings is 1. The van der Waals surface area contributed by atoms with Gasteiger partial charge < -0.3 is 10.2 Å². The van der Waals surface area contributed by atoms with Crippen LogP contribution in [0.15, 0.2) is 42.6 Å². The number of nitrogens with zero attached hydrogens (tertiary/aromatic N) is 4. The molecule has 1 aromatic carbocycles. The first kappa shape index (κ1) is 21.5. The largest absolute Gasteiger partial charge is 0.319 e. The second kappa shape index (κ2) is 9.58. The van der Waals surface area contributed by atoms with Crippen LogP contribution in [0, 0.1) is 0 Å². The Labute approximate surface area is 184 Å². The molecule has 164 valence electrons. The van der Waals surface area contributed by atoms with Gasteiger partial charge in [-0.15, -0.1) is 0 Å². The highest BCUT2D eigenvalue weighted by Gasteiger charge is 2.33. The zero-order valence-electron chi connectivity index (χ0n) is 18.4. The number of hydrogen-bond acceptors (Lipinski definition) is 5. The normalized spacial score (nSPS) is 18.9. The highest BCUT2D eigenvalue weighted by atomic mass is 16.2. The molecule has 1 atom stereocenters. The van der Waals surface area contributed by atoms with Crippen molar-refractivity contribution in [2.45, 2.75) is 39.2 Å². The van der Waals surface area contributed by atoms with Crippen LogP contribution in [0.25, 0.3) is 0 Å². The molecule has 7 nitrogen and oxygen atoms in total. The fourth-order valence-electron chi connectivity index (χ4n) is 4.59. The minimum atomic E-state index is -0.225. The van der Waals surface area contributed by atoms with Gasteiger partial charge in [0.05, 0.1) is 23.5 Å². The summed E-state index contributed by atoms with van der Waals surface area (Å²) in [5, 5.41) is 2.90. The van der Waals surface area contributed by atoms with Crippen LogP contribution in [0.2, 0.25) is 0 Å². The minimum absolute atomic E-state index is 0.0599. The van der Waals surface area contributed by atoms with E-state index in [-0.39, 0.29) is 11.8 Å². The molecule has 31 heavy (non-hydrogen) atoms. The third kappa shape index (κ3) is 4.48. The van der Waals surface area contributed by atoms with Gasteiger partial charge in [-0.05, 0) is 56.7 Å². The van der Waals surface area contributed by atoms with Crippen molar-refractivity contribution >= 4 is 29.0 Å². The van der Waals surface area contributed by atoms with E-state index in [4.69, 9.17) is 0 Å². The topological polar surface area (TPSA) is 68.8 Å². The van der Waals surface area contributed by atoms with E-state index in [1.54, 1.807) is 29.3 Å². The summed E-state index contributed by atoms with van der Waals surface area (Å²) in [6.45, 7) is 8.60. The van der Waals surface area contributed by atoms with Gasteiger partial charge in [0.2, 0.25) is 5.91 Å². The Bertz CT molecular complexity index is 943. The Morgan fingerprint density at radius 3 is 2.77 bits per heavy atom. The van der Waals surface area contributed by atoms with Gasteiger partial charge in [-0.2, -0.15) is 0 Å². The summed E-state index contributed by atoms with van der Waals surface area (Å²) in [7, 11) is 0. The molecule has 2 aromatic rings. The Morgan fingerprint density at radius 2 is 1.97 bits per heavy atom. The fraction of sp³-hybridized carbons (Fsp3) is 0.458. The lowest BCUT2D eigenvalue weighted by atomic mass is 10.0. The number of para-hydroxylation sites is 1. The monoisotopic (exact) mass is 421 g/mol. The van der Waals surface area contributed by atoms with E-state index in [1.165, 1.54) is 6.42 Å². The molecule has 4 rings (SSSR count). The number of benzene rings is 1. The van der Waals surface area contributed by atoms with Crippen molar-refractivity contribution in [1.29, 1.82) is 0 Å². The van der Waals surface area contributed by atoms with Crippen LogP contribution in [0.1, 0.15) is 43.5 Å². The molecular weight excluding hydrogens is 390 g/mol. The van der Waals surface area contributed by atoms with Gasteiger partial charge in [0.15, 0.2) is 5.82 Å². The fourth-order valence-corrected chi connectivity index (χ4v) is 4.59. The molecule has 0 radical (unpaired) electrons. The third-order valence-electron chi connectivity index (χ3n) is 6.34. The van der Waals surface area contributed by atoms with Crippen LogP contribution >= 0.6 is 0 Å². The predicted octanol–water partition coefficient (Wildman–Crippen LogP) is 3.51. The summed E-state index contributed by atoms with van der Waals surface area (Å²) in [4.78, 5) is 37.3. The third-order valence-corrected chi connectivity index (χ3v) is 6.34. The Kier molecular flexibility index (Phi) is 6.63. The second-order valence-corrected chi connectivity index (χ2v) is 8.18. The van der Waals surface area contributed by atoms with Crippen molar-refractivity contribution in [3.8, 4) is 0 Å². The van der Waals surface area contributed by atoms with E-state index in [0.717, 1.165) is 39.0 Å². The zero-order valence-corrected chi connectivity index (χ0v) is 18.4. The van der Waals surface area contributed by atoms with E-state index in [0.29, 0.717) is 35.3 Å². The maximum Gasteiger partial charge on any atom is 0.257 e. The number of hydrogen-bond donors (Lipinski definition) is 1. The number of carbonyl (C=O) groups excluding carboxylic acids is 2. The average Bonchev–Trinajstić information content (AvgIpc) is 2.92. The first-order chi connectivity index (χ1) is 15.1. The lowest BCUT2D eigenvalue weighted by molar-refractivity contribution is -0.120. The number of anilines is 3. The molecule has 3 heterocycles. The van der Waals surface area contributed by atoms with Crippen LogP contribution in [0.3, 0.4) is 0 Å². The summed E-state index contributed by atoms with van der Waals surface area (Å²) >= 11 is 0. The van der Waals surface area contributed by atoms with Crippen molar-refractivity contribution < 1.29 is 9.59 Å². The van der Waals surface area contributed by atoms with Crippen LogP contribution in [-0.4, -0.2) is 65.4 Å². The quantitative estimate of drug-likeness (QED) is 0.773. The molecule has 1 N–H and O–H groups in total. The minimum Gasteiger partial charge on any atom is -0.319 e. The maximum atomic E-state index is 13.7. The van der Waals surface area contributed by atoms with Crippen LogP contribution < -0.4 is 10.2 Å². The van der Waals surface area contributed by atoms with Gasteiger partial charge >= 0.3 is 0 Å². The first-order valence-corrected chi connectivity index (χ1v) is 11.3. The smallest absolute Gasteiger partial charge is 0.257 e. The van der Waals surface area contributed by atoms with Crippen molar-refractivity contribution in [3.05, 3.63) is 48.2 Å². The number of likely N-dealkylation sites (N-methyl/N-ethyl adjacent to an activating group) is 1. The molecule has 1 fully saturated rings. The van der Waals surface area contributed by atoms with E-state index in [1.807, 2.05) is 18.2 Å². The van der Waals surface area contributed by atoms with E-state index >= 15 is 0 Å². The Hall–Kier alpha value is -2.77. The zero-order chi connectivity index (χ0) is 21.8. The molecule has 2 amide bonds. The van der Waals surface area contributed by atoms with Gasteiger partial charge in [0.25, 0.3) is 5.91 Å². The molecule has 0 bridgehead atoms. The maximum absolute atomic E-state index is 13.7. The highest BCUT2D eigenvalue weighted by molar-refractivity contribution is 6.17. The lowest BCUT2D eigenvalue weighted by Crippen LogP contribution is -2.50. The number of fused-ring (bicyclic) bond motifs is 2. The summed E-state index contributed by atoms with van der Waals surface area (Å²) in [6.07, 6.45) is 5.07.